The van der Waals surface area contributed by atoms with Gasteiger partial charge in [-0.25, -0.2) is 9.59 Å². The van der Waals surface area contributed by atoms with Crippen LogP contribution in [0.25, 0.3) is 0 Å². The Bertz CT molecular complexity index is 686. The second-order valence-electron chi connectivity index (χ2n) is 4.62. The number of ether oxygens (including phenoxy) is 1. The van der Waals surface area contributed by atoms with E-state index in [0.29, 0.717) is 0 Å². The van der Waals surface area contributed by atoms with Gasteiger partial charge in [0.05, 0.1) is 16.7 Å². The van der Waals surface area contributed by atoms with Crippen LogP contribution in [0.3, 0.4) is 0 Å². The van der Waals surface area contributed by atoms with Gasteiger partial charge in [-0.05, 0) is 43.3 Å². The molecule has 0 aliphatic carbocycles. The third-order valence-corrected chi connectivity index (χ3v) is 2.92. The van der Waals surface area contributed by atoms with Crippen molar-refractivity contribution >= 4 is 11.9 Å². The third-order valence-electron chi connectivity index (χ3n) is 2.92. The van der Waals surface area contributed by atoms with Gasteiger partial charge >= 0.3 is 18.1 Å². The molecule has 0 amide bonds. The average molecular weight is 308 g/mol. The predicted octanol–water partition coefficient (Wildman–Crippen LogP) is 4.01. The summed E-state index contributed by atoms with van der Waals surface area (Å²) in [5.74, 6) is -1.86. The average Bonchev–Trinajstić information content (AvgIpc) is 2.47. The molecule has 0 N–H and O–H groups in total. The maximum absolute atomic E-state index is 12.4. The fraction of sp³-hybridized carbons (Fsp3) is 0.125. The molecule has 6 heteroatoms. The summed E-state index contributed by atoms with van der Waals surface area (Å²) in [4.78, 5) is 23.5. The van der Waals surface area contributed by atoms with Gasteiger partial charge in [0, 0.05) is 0 Å². The fourth-order valence-electron chi connectivity index (χ4n) is 1.69. The second kappa shape index (κ2) is 6.01. The van der Waals surface area contributed by atoms with Crippen LogP contribution in [-0.4, -0.2) is 11.9 Å². The molecule has 0 radical (unpaired) electrons. The summed E-state index contributed by atoms with van der Waals surface area (Å²) in [5, 5.41) is 0. The molecule has 0 atom stereocenters. The Hall–Kier alpha value is -2.63. The smallest absolute Gasteiger partial charge is 0.386 e. The predicted molar refractivity (Wildman–Crippen MR) is 72.4 cm³/mol. The maximum Gasteiger partial charge on any atom is 0.416 e. The zero-order chi connectivity index (χ0) is 16.3. The van der Waals surface area contributed by atoms with Crippen LogP contribution in [-0.2, 0) is 10.9 Å². The molecule has 0 saturated carbocycles. The van der Waals surface area contributed by atoms with Crippen molar-refractivity contribution in [3.8, 4) is 0 Å². The third kappa shape index (κ3) is 3.72. The highest BCUT2D eigenvalue weighted by Gasteiger charge is 2.30. The summed E-state index contributed by atoms with van der Waals surface area (Å²) in [6.45, 7) is 1.84. The number of esters is 2. The van der Waals surface area contributed by atoms with Crippen LogP contribution in [0.5, 0.6) is 0 Å². The van der Waals surface area contributed by atoms with Gasteiger partial charge in [-0.2, -0.15) is 13.2 Å². The molecule has 0 saturated heterocycles. The highest BCUT2D eigenvalue weighted by atomic mass is 19.4. The molecule has 0 bridgehead atoms. The van der Waals surface area contributed by atoms with Crippen LogP contribution in [0.4, 0.5) is 13.2 Å². The lowest BCUT2D eigenvalue weighted by Crippen LogP contribution is -2.13. The molecule has 0 spiro atoms. The number of rotatable bonds is 2. The molecule has 2 rings (SSSR count). The highest BCUT2D eigenvalue weighted by molar-refractivity contribution is 6.02. The van der Waals surface area contributed by atoms with E-state index < -0.39 is 23.7 Å². The van der Waals surface area contributed by atoms with Gasteiger partial charge in [-0.15, -0.1) is 0 Å². The van der Waals surface area contributed by atoms with E-state index in [4.69, 9.17) is 0 Å². The lowest BCUT2D eigenvalue weighted by molar-refractivity contribution is -0.137. The van der Waals surface area contributed by atoms with E-state index in [0.717, 1.165) is 29.8 Å². The monoisotopic (exact) mass is 308 g/mol. The number of halogens is 3. The van der Waals surface area contributed by atoms with Crippen LogP contribution < -0.4 is 0 Å². The molecule has 3 nitrogen and oxygen atoms in total. The van der Waals surface area contributed by atoms with Gasteiger partial charge in [0.25, 0.3) is 0 Å². The van der Waals surface area contributed by atoms with Crippen molar-refractivity contribution in [1.29, 1.82) is 0 Å². The molecule has 22 heavy (non-hydrogen) atoms. The van der Waals surface area contributed by atoms with E-state index in [9.17, 15) is 22.8 Å². The molecule has 0 aliphatic heterocycles. The first kappa shape index (κ1) is 15.8. The normalized spacial score (nSPS) is 11.1. The zero-order valence-corrected chi connectivity index (χ0v) is 11.5. The van der Waals surface area contributed by atoms with Gasteiger partial charge in [-0.3, -0.25) is 0 Å². The van der Waals surface area contributed by atoms with Gasteiger partial charge in [0.15, 0.2) is 0 Å². The zero-order valence-electron chi connectivity index (χ0n) is 11.5. The van der Waals surface area contributed by atoms with E-state index in [2.05, 4.69) is 4.74 Å². The number of alkyl halides is 3. The summed E-state index contributed by atoms with van der Waals surface area (Å²) >= 11 is 0. The molecular weight excluding hydrogens is 297 g/mol. The van der Waals surface area contributed by atoms with Crippen LogP contribution >= 0.6 is 0 Å². The molecule has 2 aromatic carbocycles. The first-order valence-corrected chi connectivity index (χ1v) is 6.28. The van der Waals surface area contributed by atoms with E-state index in [1.807, 2.05) is 6.92 Å². The number of carbonyl (C=O) groups is 2. The van der Waals surface area contributed by atoms with Crippen molar-refractivity contribution in [2.75, 3.05) is 0 Å². The van der Waals surface area contributed by atoms with Crippen molar-refractivity contribution in [2.45, 2.75) is 13.1 Å². The Balaban J connectivity index is 2.09. The largest absolute Gasteiger partial charge is 0.416 e. The number of hydrogen-bond acceptors (Lipinski definition) is 3. The van der Waals surface area contributed by atoms with Crippen molar-refractivity contribution in [1.82, 2.24) is 0 Å². The molecule has 2 aromatic rings. The van der Waals surface area contributed by atoms with Crippen LogP contribution in [0.2, 0.25) is 0 Å². The van der Waals surface area contributed by atoms with Crippen LogP contribution in [0.1, 0.15) is 31.8 Å². The van der Waals surface area contributed by atoms with E-state index in [-0.39, 0.29) is 11.1 Å². The standard InChI is InChI=1S/C16H11F3O3/c1-10-2-4-11(5-3-10)14(20)22-15(21)12-6-8-13(9-7-12)16(17,18)19/h2-9H,1H3. The van der Waals surface area contributed by atoms with Crippen LogP contribution in [0.15, 0.2) is 48.5 Å². The van der Waals surface area contributed by atoms with Gasteiger partial charge < -0.3 is 4.74 Å². The first-order valence-electron chi connectivity index (χ1n) is 6.28. The first-order chi connectivity index (χ1) is 10.3. The van der Waals surface area contributed by atoms with Gasteiger partial charge in [-0.1, -0.05) is 17.7 Å². The number of aryl methyl sites for hydroxylation is 1. The minimum Gasteiger partial charge on any atom is -0.386 e. The van der Waals surface area contributed by atoms with Crippen LogP contribution in [0, 0.1) is 6.92 Å². The summed E-state index contributed by atoms with van der Waals surface area (Å²) in [6, 6.07) is 9.80. The molecular formula is C16H11F3O3. The molecule has 0 fully saturated rings. The van der Waals surface area contributed by atoms with E-state index >= 15 is 0 Å². The summed E-state index contributed by atoms with van der Waals surface area (Å²) < 4.78 is 41.9. The molecule has 0 heterocycles. The lowest BCUT2D eigenvalue weighted by Gasteiger charge is -2.07. The minimum absolute atomic E-state index is 0.131. The highest BCUT2D eigenvalue weighted by Crippen LogP contribution is 2.29. The Morgan fingerprint density at radius 2 is 1.23 bits per heavy atom. The van der Waals surface area contributed by atoms with Gasteiger partial charge in [0.2, 0.25) is 0 Å². The Morgan fingerprint density at radius 1 is 0.818 bits per heavy atom. The molecule has 0 unspecified atom stereocenters. The Kier molecular flexibility index (Phi) is 4.30. The molecule has 0 aromatic heterocycles. The maximum atomic E-state index is 12.4. The molecule has 0 aliphatic rings. The number of benzene rings is 2. The van der Waals surface area contributed by atoms with Crippen molar-refractivity contribution < 1.29 is 27.5 Å². The summed E-state index contributed by atoms with van der Waals surface area (Å²) in [7, 11) is 0. The number of carbonyl (C=O) groups excluding carboxylic acids is 2. The topological polar surface area (TPSA) is 43.4 Å². The van der Waals surface area contributed by atoms with Crippen molar-refractivity contribution in [3.05, 3.63) is 70.8 Å². The molecule has 114 valence electrons. The van der Waals surface area contributed by atoms with E-state index in [1.54, 1.807) is 12.1 Å². The van der Waals surface area contributed by atoms with Crippen molar-refractivity contribution in [3.63, 3.8) is 0 Å². The Labute approximate surface area is 124 Å². The fourth-order valence-corrected chi connectivity index (χ4v) is 1.69. The SMILES string of the molecule is Cc1ccc(C(=O)OC(=O)c2ccc(C(F)(F)F)cc2)cc1. The summed E-state index contributed by atoms with van der Waals surface area (Å²) in [6.07, 6.45) is -4.49. The number of hydrogen-bond donors (Lipinski definition) is 0. The van der Waals surface area contributed by atoms with Gasteiger partial charge in [0.1, 0.15) is 0 Å². The summed E-state index contributed by atoms with van der Waals surface area (Å²) in [5.41, 5.74) is 0.110. The lowest BCUT2D eigenvalue weighted by atomic mass is 10.1. The second-order valence-corrected chi connectivity index (χ2v) is 4.62. The van der Waals surface area contributed by atoms with E-state index in [1.165, 1.54) is 12.1 Å². The van der Waals surface area contributed by atoms with Crippen molar-refractivity contribution in [2.24, 2.45) is 0 Å². The minimum atomic E-state index is -4.49. The Morgan fingerprint density at radius 3 is 1.64 bits per heavy atom. The quantitative estimate of drug-likeness (QED) is 0.622.